The van der Waals surface area contributed by atoms with Gasteiger partial charge in [-0.2, -0.15) is 0 Å². The molecule has 4 nitrogen and oxygen atoms in total. The van der Waals surface area contributed by atoms with Gasteiger partial charge >= 0.3 is 11.9 Å². The number of allylic oxidation sites excluding steroid dienone is 2. The van der Waals surface area contributed by atoms with Crippen LogP contribution in [0.15, 0.2) is 24.8 Å². The number of carbonyl (C=O) groups excluding carboxylic acids is 2. The van der Waals surface area contributed by atoms with Crippen molar-refractivity contribution in [2.75, 3.05) is 13.2 Å². The Morgan fingerprint density at radius 1 is 1.16 bits per heavy atom. The highest BCUT2D eigenvalue weighted by molar-refractivity contribution is 6.00. The summed E-state index contributed by atoms with van der Waals surface area (Å²) >= 11 is 0. The summed E-state index contributed by atoms with van der Waals surface area (Å²) in [7, 11) is 0. The van der Waals surface area contributed by atoms with Crippen LogP contribution in [0.25, 0.3) is 0 Å². The fourth-order valence-electron chi connectivity index (χ4n) is 1.92. The molecule has 4 heteroatoms. The molecule has 0 saturated carbocycles. The molecule has 0 aliphatic heterocycles. The van der Waals surface area contributed by atoms with Crippen molar-refractivity contribution >= 4 is 11.9 Å². The van der Waals surface area contributed by atoms with Crippen LogP contribution in [0.1, 0.15) is 40.0 Å². The van der Waals surface area contributed by atoms with Crippen LogP contribution >= 0.6 is 0 Å². The van der Waals surface area contributed by atoms with Crippen molar-refractivity contribution in [2.45, 2.75) is 40.0 Å². The average Bonchev–Trinajstić information content (AvgIpc) is 2.34. The highest BCUT2D eigenvalue weighted by Gasteiger charge is 2.47. The average molecular weight is 268 g/mol. The van der Waals surface area contributed by atoms with E-state index >= 15 is 0 Å². The Balaban J connectivity index is 5.40. The molecule has 0 spiro atoms. The Hall–Kier alpha value is -1.58. The first-order valence-electron chi connectivity index (χ1n) is 6.54. The second kappa shape index (κ2) is 8.51. The first-order chi connectivity index (χ1) is 8.94. The summed E-state index contributed by atoms with van der Waals surface area (Å²) in [5.41, 5.74) is -0.559. The molecular formula is C15H24O4. The van der Waals surface area contributed by atoms with Crippen molar-refractivity contribution in [1.29, 1.82) is 0 Å². The van der Waals surface area contributed by atoms with E-state index in [1.165, 1.54) is 0 Å². The third-order valence-corrected chi connectivity index (χ3v) is 2.71. The van der Waals surface area contributed by atoms with Gasteiger partial charge in [0, 0.05) is 0 Å². The van der Waals surface area contributed by atoms with E-state index in [1.54, 1.807) is 26.8 Å². The fourth-order valence-corrected chi connectivity index (χ4v) is 1.92. The standard InChI is InChI=1S/C15H24O4/c1-6-9-10-15(11-12(4)5,13(16)18-7-2)14(17)19-8-3/h6H,1,4,7-11H2,2-3,5H3. The van der Waals surface area contributed by atoms with Crippen molar-refractivity contribution in [2.24, 2.45) is 5.41 Å². The molecule has 0 aliphatic carbocycles. The number of ether oxygens (including phenoxy) is 2. The van der Waals surface area contributed by atoms with Gasteiger partial charge in [-0.05, 0) is 40.0 Å². The van der Waals surface area contributed by atoms with Crippen LogP contribution in [0, 0.1) is 5.41 Å². The molecule has 0 aromatic carbocycles. The number of hydrogen-bond acceptors (Lipinski definition) is 4. The molecule has 0 aromatic rings. The van der Waals surface area contributed by atoms with Gasteiger partial charge in [0.2, 0.25) is 0 Å². The lowest BCUT2D eigenvalue weighted by Crippen LogP contribution is -2.42. The minimum atomic E-state index is -1.30. The van der Waals surface area contributed by atoms with Crippen LogP contribution in [-0.4, -0.2) is 25.2 Å². The second-order valence-electron chi connectivity index (χ2n) is 4.48. The van der Waals surface area contributed by atoms with Crippen LogP contribution in [0.2, 0.25) is 0 Å². The van der Waals surface area contributed by atoms with Crippen molar-refractivity contribution in [3.63, 3.8) is 0 Å². The van der Waals surface area contributed by atoms with Gasteiger partial charge in [-0.1, -0.05) is 11.6 Å². The summed E-state index contributed by atoms with van der Waals surface area (Å²) in [4.78, 5) is 24.4. The number of esters is 2. The third-order valence-electron chi connectivity index (χ3n) is 2.71. The van der Waals surface area contributed by atoms with E-state index in [9.17, 15) is 9.59 Å². The molecule has 0 atom stereocenters. The summed E-state index contributed by atoms with van der Waals surface area (Å²) in [5, 5.41) is 0. The Morgan fingerprint density at radius 3 is 1.95 bits per heavy atom. The minimum absolute atomic E-state index is 0.226. The van der Waals surface area contributed by atoms with Crippen LogP contribution in [0.4, 0.5) is 0 Å². The van der Waals surface area contributed by atoms with Crippen molar-refractivity contribution in [3.8, 4) is 0 Å². The zero-order valence-corrected chi connectivity index (χ0v) is 12.2. The van der Waals surface area contributed by atoms with Gasteiger partial charge in [-0.25, -0.2) is 0 Å². The van der Waals surface area contributed by atoms with Gasteiger partial charge in [-0.3, -0.25) is 9.59 Å². The molecular weight excluding hydrogens is 244 g/mol. The molecule has 0 saturated heterocycles. The predicted molar refractivity (Wildman–Crippen MR) is 74.6 cm³/mol. The summed E-state index contributed by atoms with van der Waals surface area (Å²) in [6.07, 6.45) is 2.76. The predicted octanol–water partition coefficient (Wildman–Crippen LogP) is 3.03. The Bertz CT molecular complexity index is 326. The highest BCUT2D eigenvalue weighted by atomic mass is 16.6. The maximum absolute atomic E-state index is 12.2. The molecule has 0 aromatic heterocycles. The van der Waals surface area contributed by atoms with Gasteiger partial charge < -0.3 is 9.47 Å². The molecule has 19 heavy (non-hydrogen) atoms. The lowest BCUT2D eigenvalue weighted by Gasteiger charge is -2.29. The minimum Gasteiger partial charge on any atom is -0.465 e. The SMILES string of the molecule is C=CCCC(CC(=C)C)(C(=O)OCC)C(=O)OCC. The normalized spacial score (nSPS) is 10.7. The molecule has 0 radical (unpaired) electrons. The van der Waals surface area contributed by atoms with E-state index in [1.807, 2.05) is 0 Å². The van der Waals surface area contributed by atoms with Gasteiger partial charge in [0.25, 0.3) is 0 Å². The van der Waals surface area contributed by atoms with Crippen LogP contribution in [0.3, 0.4) is 0 Å². The van der Waals surface area contributed by atoms with Crippen LogP contribution in [-0.2, 0) is 19.1 Å². The molecule has 0 unspecified atom stereocenters. The Labute approximate surface area is 115 Å². The lowest BCUT2D eigenvalue weighted by molar-refractivity contribution is -0.172. The number of rotatable bonds is 9. The Kier molecular flexibility index (Phi) is 7.80. The molecule has 0 heterocycles. The van der Waals surface area contributed by atoms with Gasteiger partial charge in [0.15, 0.2) is 5.41 Å². The zero-order valence-electron chi connectivity index (χ0n) is 12.2. The summed E-state index contributed by atoms with van der Waals surface area (Å²) in [5.74, 6) is -1.09. The first-order valence-corrected chi connectivity index (χ1v) is 6.54. The quantitative estimate of drug-likeness (QED) is 0.366. The third kappa shape index (κ3) is 4.89. The van der Waals surface area contributed by atoms with E-state index in [0.29, 0.717) is 12.8 Å². The fraction of sp³-hybridized carbons (Fsp3) is 0.600. The van der Waals surface area contributed by atoms with Crippen LogP contribution < -0.4 is 0 Å². The highest BCUT2D eigenvalue weighted by Crippen LogP contribution is 2.35. The van der Waals surface area contributed by atoms with Gasteiger partial charge in [-0.15, -0.1) is 13.2 Å². The molecule has 108 valence electrons. The van der Waals surface area contributed by atoms with E-state index in [0.717, 1.165) is 5.57 Å². The van der Waals surface area contributed by atoms with Gasteiger partial charge in [0.05, 0.1) is 13.2 Å². The molecule has 0 rings (SSSR count). The van der Waals surface area contributed by atoms with Gasteiger partial charge in [0.1, 0.15) is 0 Å². The monoisotopic (exact) mass is 268 g/mol. The van der Waals surface area contributed by atoms with E-state index in [4.69, 9.17) is 9.47 Å². The molecule has 0 aliphatic rings. The van der Waals surface area contributed by atoms with Crippen molar-refractivity contribution < 1.29 is 19.1 Å². The van der Waals surface area contributed by atoms with E-state index < -0.39 is 17.4 Å². The van der Waals surface area contributed by atoms with E-state index in [2.05, 4.69) is 13.2 Å². The number of carbonyl (C=O) groups is 2. The smallest absolute Gasteiger partial charge is 0.323 e. The van der Waals surface area contributed by atoms with Crippen LogP contribution in [0.5, 0.6) is 0 Å². The molecule has 0 bridgehead atoms. The summed E-state index contributed by atoms with van der Waals surface area (Å²) in [6, 6.07) is 0. The second-order valence-corrected chi connectivity index (χ2v) is 4.48. The van der Waals surface area contributed by atoms with E-state index in [-0.39, 0.29) is 19.6 Å². The summed E-state index contributed by atoms with van der Waals surface area (Å²) < 4.78 is 10.1. The maximum atomic E-state index is 12.2. The van der Waals surface area contributed by atoms with Crippen molar-refractivity contribution in [1.82, 2.24) is 0 Å². The topological polar surface area (TPSA) is 52.6 Å². The zero-order chi connectivity index (χ0) is 14.9. The van der Waals surface area contributed by atoms with Crippen molar-refractivity contribution in [3.05, 3.63) is 24.8 Å². The first kappa shape index (κ1) is 17.4. The lowest BCUT2D eigenvalue weighted by atomic mass is 9.78. The number of hydrogen-bond donors (Lipinski definition) is 0. The maximum Gasteiger partial charge on any atom is 0.323 e. The summed E-state index contributed by atoms with van der Waals surface area (Å²) in [6.45, 7) is 13.1. The molecule has 0 fully saturated rings. The Morgan fingerprint density at radius 2 is 1.63 bits per heavy atom. The largest absolute Gasteiger partial charge is 0.465 e. The molecule has 0 N–H and O–H groups in total. The molecule has 0 amide bonds.